The Hall–Kier alpha value is -4.13. The van der Waals surface area contributed by atoms with Gasteiger partial charge in [0.15, 0.2) is 0 Å². The molecule has 0 aromatic heterocycles. The lowest BCUT2D eigenvalue weighted by molar-refractivity contribution is -0.143. The first kappa shape index (κ1) is 36.3. The smallest absolute Gasteiger partial charge is 0.408 e. The van der Waals surface area contributed by atoms with Gasteiger partial charge in [-0.05, 0) is 108 Å². The Bertz CT molecular complexity index is 1470. The van der Waals surface area contributed by atoms with E-state index in [-0.39, 0.29) is 24.3 Å². The van der Waals surface area contributed by atoms with Gasteiger partial charge < -0.3 is 20.3 Å². The molecule has 0 fully saturated rings. The molecule has 3 aromatic rings. The van der Waals surface area contributed by atoms with Gasteiger partial charge in [0, 0.05) is 18.2 Å². The Labute approximate surface area is 276 Å². The minimum atomic E-state index is -0.971. The number of nitrogens with one attached hydrogen (secondary N) is 2. The average Bonchev–Trinajstić information content (AvgIpc) is 2.97. The first-order chi connectivity index (χ1) is 21.6. The highest BCUT2D eigenvalue weighted by Crippen LogP contribution is 2.31. The molecule has 0 radical (unpaired) electrons. The van der Waals surface area contributed by atoms with Crippen LogP contribution >= 0.6 is 0 Å². The van der Waals surface area contributed by atoms with Gasteiger partial charge in [-0.1, -0.05) is 80.6 Å². The number of para-hydroxylation sites is 1. The van der Waals surface area contributed by atoms with Crippen molar-refractivity contribution in [3.05, 3.63) is 100 Å². The van der Waals surface area contributed by atoms with Gasteiger partial charge >= 0.3 is 6.09 Å². The third-order valence-electron chi connectivity index (χ3n) is 8.27. The monoisotopic (exact) mass is 627 g/mol. The van der Waals surface area contributed by atoms with Crippen LogP contribution in [0.15, 0.2) is 66.7 Å². The van der Waals surface area contributed by atoms with Gasteiger partial charge in [0.25, 0.3) is 5.91 Å². The zero-order valence-electron chi connectivity index (χ0n) is 29.4. The highest BCUT2D eigenvalue weighted by atomic mass is 16.6. The number of hydrogen-bond donors (Lipinski definition) is 2. The quantitative estimate of drug-likeness (QED) is 0.211. The van der Waals surface area contributed by atoms with Gasteiger partial charge in [-0.3, -0.25) is 9.59 Å². The largest absolute Gasteiger partial charge is 0.444 e. The molecule has 0 saturated heterocycles. The van der Waals surface area contributed by atoms with Crippen molar-refractivity contribution >= 4 is 23.6 Å². The molecule has 7 heteroatoms. The number of ether oxygens (including phenoxy) is 1. The summed E-state index contributed by atoms with van der Waals surface area (Å²) in [4.78, 5) is 44.4. The van der Waals surface area contributed by atoms with Crippen LogP contribution in [0.2, 0.25) is 0 Å². The number of hydrogen-bond acceptors (Lipinski definition) is 4. The zero-order chi connectivity index (χ0) is 34.2. The Morgan fingerprint density at radius 1 is 0.783 bits per heavy atom. The third-order valence-corrected chi connectivity index (χ3v) is 8.27. The number of benzene rings is 3. The van der Waals surface area contributed by atoms with Crippen LogP contribution in [-0.4, -0.2) is 40.5 Å². The first-order valence-corrected chi connectivity index (χ1v) is 16.4. The number of anilines is 1. The van der Waals surface area contributed by atoms with Crippen molar-refractivity contribution in [2.24, 2.45) is 5.92 Å². The van der Waals surface area contributed by atoms with Crippen LogP contribution in [0.4, 0.5) is 10.5 Å². The number of carbonyl (C=O) groups is 3. The van der Waals surface area contributed by atoms with Gasteiger partial charge in [-0.15, -0.1) is 0 Å². The Kier molecular flexibility index (Phi) is 12.6. The molecule has 0 saturated carbocycles. The van der Waals surface area contributed by atoms with Crippen molar-refractivity contribution in [2.45, 2.75) is 112 Å². The molecule has 0 aliphatic rings. The Morgan fingerprint density at radius 2 is 1.41 bits per heavy atom. The topological polar surface area (TPSA) is 87.7 Å². The normalized spacial score (nSPS) is 13.5. The summed E-state index contributed by atoms with van der Waals surface area (Å²) in [5.74, 6) is -0.241. The molecule has 2 N–H and O–H groups in total. The van der Waals surface area contributed by atoms with Crippen molar-refractivity contribution in [3.8, 4) is 0 Å². The predicted molar refractivity (Wildman–Crippen MR) is 187 cm³/mol. The number of alkyl carbamates (subject to hydrolysis) is 1. The summed E-state index contributed by atoms with van der Waals surface area (Å²) in [6.45, 7) is 19.6. The van der Waals surface area contributed by atoms with E-state index in [1.807, 2.05) is 101 Å². The zero-order valence-corrected chi connectivity index (χ0v) is 29.4. The first-order valence-electron chi connectivity index (χ1n) is 16.4. The fraction of sp³-hybridized carbons (Fsp3) is 0.462. The lowest BCUT2D eigenvalue weighted by Gasteiger charge is -2.39. The summed E-state index contributed by atoms with van der Waals surface area (Å²) in [5.41, 5.74) is 5.58. The van der Waals surface area contributed by atoms with E-state index in [1.54, 1.807) is 25.7 Å². The average molecular weight is 628 g/mol. The van der Waals surface area contributed by atoms with Gasteiger partial charge in [0.1, 0.15) is 17.7 Å². The van der Waals surface area contributed by atoms with Crippen molar-refractivity contribution in [3.63, 3.8) is 0 Å². The summed E-state index contributed by atoms with van der Waals surface area (Å²) < 4.78 is 5.60. The molecule has 0 aliphatic carbocycles. The molecule has 3 unspecified atom stereocenters. The molecule has 3 rings (SSSR count). The van der Waals surface area contributed by atoms with E-state index in [0.29, 0.717) is 17.9 Å². The molecule has 3 aromatic carbocycles. The maximum absolute atomic E-state index is 15.0. The molecule has 0 spiro atoms. The molecule has 46 heavy (non-hydrogen) atoms. The van der Waals surface area contributed by atoms with E-state index >= 15 is 0 Å². The maximum Gasteiger partial charge on any atom is 0.408 e. The molecular weight excluding hydrogens is 574 g/mol. The Morgan fingerprint density at radius 3 is 1.98 bits per heavy atom. The summed E-state index contributed by atoms with van der Waals surface area (Å²) in [7, 11) is 0. The second-order valence-electron chi connectivity index (χ2n) is 14.0. The van der Waals surface area contributed by atoms with Crippen LogP contribution in [0.1, 0.15) is 93.8 Å². The van der Waals surface area contributed by atoms with Gasteiger partial charge in [0.05, 0.1) is 0 Å². The van der Waals surface area contributed by atoms with E-state index in [2.05, 4.69) is 24.5 Å². The summed E-state index contributed by atoms with van der Waals surface area (Å²) >= 11 is 0. The van der Waals surface area contributed by atoms with Crippen molar-refractivity contribution in [2.75, 3.05) is 5.32 Å². The van der Waals surface area contributed by atoms with E-state index in [1.165, 1.54) is 0 Å². The summed E-state index contributed by atoms with van der Waals surface area (Å²) in [5, 5.41) is 6.05. The van der Waals surface area contributed by atoms with Crippen molar-refractivity contribution < 1.29 is 19.1 Å². The maximum atomic E-state index is 15.0. The fourth-order valence-corrected chi connectivity index (χ4v) is 5.57. The van der Waals surface area contributed by atoms with Crippen molar-refractivity contribution in [1.29, 1.82) is 0 Å². The van der Waals surface area contributed by atoms with Crippen LogP contribution in [0.3, 0.4) is 0 Å². The highest BCUT2D eigenvalue weighted by molar-refractivity contribution is 6.00. The molecule has 3 amide bonds. The summed E-state index contributed by atoms with van der Waals surface area (Å²) in [6, 6.07) is 19.1. The molecule has 7 nitrogen and oxygen atoms in total. The minimum Gasteiger partial charge on any atom is -0.444 e. The molecule has 3 atom stereocenters. The number of carbonyl (C=O) groups excluding carboxylic acids is 3. The van der Waals surface area contributed by atoms with E-state index in [9.17, 15) is 14.4 Å². The number of rotatable bonds is 12. The second-order valence-corrected chi connectivity index (χ2v) is 14.0. The van der Waals surface area contributed by atoms with Gasteiger partial charge in [-0.2, -0.15) is 0 Å². The predicted octanol–water partition coefficient (Wildman–Crippen LogP) is 8.39. The number of aryl methyl sites for hydroxylation is 4. The fourth-order valence-electron chi connectivity index (χ4n) is 5.57. The Balaban J connectivity index is 2.19. The SMILES string of the molecule is Cc1ccc(C(C(=O)Nc2c(C)cccc2C)N(C(=O)C(Cc2ccccc2)NC(=O)OC(C)(C)C)C(C)CCC(C)C)cc1C. The number of nitrogens with zero attached hydrogens (tertiary/aromatic N) is 1. The van der Waals surface area contributed by atoms with E-state index in [4.69, 9.17) is 4.74 Å². The van der Waals surface area contributed by atoms with Crippen LogP contribution < -0.4 is 10.6 Å². The standard InChI is InChI=1S/C39H53N3O4/c1-25(2)19-21-30(7)42(37(44)33(24-31-17-12-11-13-18-31)40-38(45)46-39(8,9)10)35(32-22-20-26(3)29(6)23-32)36(43)41-34-27(4)15-14-16-28(34)5/h11-18,20,22-23,25,30,33,35H,19,21,24H2,1-10H3,(H,40,45)(H,41,43). The van der Waals surface area contributed by atoms with Crippen molar-refractivity contribution in [1.82, 2.24) is 10.2 Å². The van der Waals surface area contributed by atoms with Gasteiger partial charge in [-0.25, -0.2) is 4.79 Å². The second kappa shape index (κ2) is 15.9. The third kappa shape index (κ3) is 10.2. The minimum absolute atomic E-state index is 0.241. The molecule has 248 valence electrons. The van der Waals surface area contributed by atoms with Crippen LogP contribution in [-0.2, 0) is 20.7 Å². The van der Waals surface area contributed by atoms with Crippen LogP contribution in [0.25, 0.3) is 0 Å². The number of amides is 3. The van der Waals surface area contributed by atoms with E-state index < -0.39 is 23.8 Å². The molecular formula is C39H53N3O4. The lowest BCUT2D eigenvalue weighted by Crippen LogP contribution is -2.55. The van der Waals surface area contributed by atoms with E-state index in [0.717, 1.165) is 39.9 Å². The van der Waals surface area contributed by atoms with Gasteiger partial charge in [0.2, 0.25) is 5.91 Å². The van der Waals surface area contributed by atoms with Crippen LogP contribution in [0.5, 0.6) is 0 Å². The summed E-state index contributed by atoms with van der Waals surface area (Å²) in [6.07, 6.45) is 1.11. The molecule has 0 aliphatic heterocycles. The lowest BCUT2D eigenvalue weighted by atomic mass is 9.94. The van der Waals surface area contributed by atoms with Crippen LogP contribution in [0, 0.1) is 33.6 Å². The molecule has 0 bridgehead atoms. The highest BCUT2D eigenvalue weighted by Gasteiger charge is 2.39. The molecule has 0 heterocycles.